The highest BCUT2D eigenvalue weighted by Crippen LogP contribution is 2.40. The first-order chi connectivity index (χ1) is 11.2. The third kappa shape index (κ3) is 3.40. The maximum atomic E-state index is 14.3. The van der Waals surface area contributed by atoms with E-state index in [1.807, 2.05) is 6.07 Å². The highest BCUT2D eigenvalue weighted by atomic mass is 19.1. The summed E-state index contributed by atoms with van der Waals surface area (Å²) in [7, 11) is 0. The molecule has 0 radical (unpaired) electrons. The highest BCUT2D eigenvalue weighted by molar-refractivity contribution is 5.92. The molecule has 24 heavy (non-hydrogen) atoms. The second kappa shape index (κ2) is 6.36. The number of ether oxygens (including phenoxy) is 2. The molecular formula is C18H19FN2O3. The predicted molar refractivity (Wildman–Crippen MR) is 85.6 cm³/mol. The monoisotopic (exact) mass is 330 g/mol. The summed E-state index contributed by atoms with van der Waals surface area (Å²) in [5.41, 5.74) is 5.24. The molecule has 1 aliphatic rings. The molecule has 2 N–H and O–H groups in total. The first-order valence-corrected chi connectivity index (χ1v) is 7.42. The quantitative estimate of drug-likeness (QED) is 0.841. The molecular weight excluding hydrogens is 311 g/mol. The van der Waals surface area contributed by atoms with Gasteiger partial charge in [-0.05, 0) is 33.8 Å². The van der Waals surface area contributed by atoms with Crippen molar-refractivity contribution in [2.75, 3.05) is 0 Å². The maximum Gasteiger partial charge on any atom is 0.338 e. The Kier molecular flexibility index (Phi) is 4.65. The number of hydrogen-bond acceptors (Lipinski definition) is 5. The van der Waals surface area contributed by atoms with Gasteiger partial charge in [0.2, 0.25) is 5.88 Å². The molecule has 5 nitrogen and oxygen atoms in total. The van der Waals surface area contributed by atoms with Crippen molar-refractivity contribution in [3.05, 3.63) is 58.4 Å². The van der Waals surface area contributed by atoms with Crippen molar-refractivity contribution >= 4 is 5.97 Å². The van der Waals surface area contributed by atoms with Crippen LogP contribution in [0.1, 0.15) is 39.2 Å². The minimum absolute atomic E-state index is 0.0217. The minimum Gasteiger partial charge on any atom is -0.456 e. The Labute approximate surface area is 140 Å². The number of rotatable bonds is 2. The number of carbonyl (C=O) groups excluding carboxylic acids is 1. The molecule has 0 saturated heterocycles. The second-order valence-electron chi connectivity index (χ2n) is 6.42. The van der Waals surface area contributed by atoms with Gasteiger partial charge in [-0.25, -0.2) is 9.18 Å². The van der Waals surface area contributed by atoms with Gasteiger partial charge in [0, 0.05) is 5.56 Å². The summed E-state index contributed by atoms with van der Waals surface area (Å²) in [5, 5.41) is 9.44. The van der Waals surface area contributed by atoms with E-state index in [9.17, 15) is 14.4 Å². The molecule has 1 aromatic carbocycles. The van der Waals surface area contributed by atoms with E-state index in [1.165, 1.54) is 25.1 Å². The Morgan fingerprint density at radius 3 is 2.54 bits per heavy atom. The molecule has 0 fully saturated rings. The van der Waals surface area contributed by atoms with Crippen LogP contribution in [0.4, 0.5) is 4.39 Å². The zero-order valence-corrected chi connectivity index (χ0v) is 14.0. The average molecular weight is 330 g/mol. The van der Waals surface area contributed by atoms with Crippen molar-refractivity contribution in [2.24, 2.45) is 5.73 Å². The Balaban J connectivity index is 2.62. The molecule has 0 aliphatic carbocycles. The van der Waals surface area contributed by atoms with Gasteiger partial charge >= 0.3 is 5.97 Å². The molecule has 0 amide bonds. The molecule has 1 aromatic rings. The lowest BCUT2D eigenvalue weighted by Crippen LogP contribution is -2.30. The first-order valence-electron chi connectivity index (χ1n) is 7.42. The number of benzene rings is 1. The molecule has 2 rings (SSSR count). The molecule has 6 heteroatoms. The van der Waals surface area contributed by atoms with Crippen LogP contribution in [0.15, 0.2) is 47.1 Å². The van der Waals surface area contributed by atoms with Gasteiger partial charge in [-0.2, -0.15) is 5.26 Å². The van der Waals surface area contributed by atoms with Crippen LogP contribution in [0.5, 0.6) is 0 Å². The van der Waals surface area contributed by atoms with E-state index in [-0.39, 0.29) is 28.4 Å². The zero-order chi connectivity index (χ0) is 18.1. The number of nitrogens with two attached hydrogens (primary N) is 1. The lowest BCUT2D eigenvalue weighted by molar-refractivity contribution is -0.150. The van der Waals surface area contributed by atoms with Gasteiger partial charge in [-0.1, -0.05) is 18.2 Å². The number of hydrogen-bond donors (Lipinski definition) is 1. The topological polar surface area (TPSA) is 85.3 Å². The summed E-state index contributed by atoms with van der Waals surface area (Å²) < 4.78 is 25.0. The van der Waals surface area contributed by atoms with E-state index in [0.29, 0.717) is 0 Å². The summed E-state index contributed by atoms with van der Waals surface area (Å²) in [5.74, 6) is -2.14. The standard InChI is InChI=1S/C18H19FN2O3/c1-10-14(17(22)24-18(2,3)4)15(12(9-20)16(21)23-10)11-7-5-6-8-13(11)19/h5-8,15H,21H2,1-4H3/t15-/m0/s1. The number of nitriles is 1. The van der Waals surface area contributed by atoms with Crippen molar-refractivity contribution in [1.29, 1.82) is 5.26 Å². The van der Waals surface area contributed by atoms with E-state index in [0.717, 1.165) is 0 Å². The van der Waals surface area contributed by atoms with Crippen molar-refractivity contribution in [3.63, 3.8) is 0 Å². The van der Waals surface area contributed by atoms with Crippen LogP contribution < -0.4 is 5.73 Å². The van der Waals surface area contributed by atoms with Crippen LogP contribution in [-0.4, -0.2) is 11.6 Å². The van der Waals surface area contributed by atoms with Crippen molar-refractivity contribution in [3.8, 4) is 6.07 Å². The molecule has 0 spiro atoms. The maximum absolute atomic E-state index is 14.3. The van der Waals surface area contributed by atoms with E-state index < -0.39 is 23.3 Å². The number of halogens is 1. The number of allylic oxidation sites excluding steroid dienone is 2. The van der Waals surface area contributed by atoms with Crippen LogP contribution in [0, 0.1) is 17.1 Å². The fourth-order valence-electron chi connectivity index (χ4n) is 2.50. The third-order valence-corrected chi connectivity index (χ3v) is 3.44. The normalized spacial score (nSPS) is 18.1. The van der Waals surface area contributed by atoms with Gasteiger partial charge in [-0.3, -0.25) is 0 Å². The number of carbonyl (C=O) groups is 1. The molecule has 1 aliphatic heterocycles. The third-order valence-electron chi connectivity index (χ3n) is 3.44. The second-order valence-corrected chi connectivity index (χ2v) is 6.42. The lowest BCUT2D eigenvalue weighted by atomic mass is 9.83. The molecule has 0 aromatic heterocycles. The SMILES string of the molecule is CC1=C(C(=O)OC(C)(C)C)[C@@H](c2ccccc2F)C(C#N)=C(N)O1. The van der Waals surface area contributed by atoms with Gasteiger partial charge in [0.05, 0.1) is 11.5 Å². The van der Waals surface area contributed by atoms with Gasteiger partial charge in [-0.15, -0.1) is 0 Å². The van der Waals surface area contributed by atoms with E-state index >= 15 is 0 Å². The molecule has 0 bridgehead atoms. The fourth-order valence-corrected chi connectivity index (χ4v) is 2.50. The van der Waals surface area contributed by atoms with Gasteiger partial charge in [0.25, 0.3) is 0 Å². The van der Waals surface area contributed by atoms with Crippen LogP contribution >= 0.6 is 0 Å². The van der Waals surface area contributed by atoms with Gasteiger partial charge in [0.1, 0.15) is 28.8 Å². The highest BCUT2D eigenvalue weighted by Gasteiger charge is 2.38. The zero-order valence-electron chi connectivity index (χ0n) is 14.0. The lowest BCUT2D eigenvalue weighted by Gasteiger charge is -2.29. The van der Waals surface area contributed by atoms with Crippen LogP contribution in [-0.2, 0) is 14.3 Å². The molecule has 126 valence electrons. The summed E-state index contributed by atoms with van der Waals surface area (Å²) >= 11 is 0. The largest absolute Gasteiger partial charge is 0.456 e. The predicted octanol–water partition coefficient (Wildman–Crippen LogP) is 3.25. The Morgan fingerprint density at radius 2 is 2.00 bits per heavy atom. The number of nitrogens with zero attached hydrogens (tertiary/aromatic N) is 1. The molecule has 0 unspecified atom stereocenters. The average Bonchev–Trinajstić information content (AvgIpc) is 2.45. The van der Waals surface area contributed by atoms with Crippen molar-refractivity contribution < 1.29 is 18.7 Å². The Hall–Kier alpha value is -2.81. The molecule has 1 atom stereocenters. The smallest absolute Gasteiger partial charge is 0.338 e. The van der Waals surface area contributed by atoms with Crippen molar-refractivity contribution in [1.82, 2.24) is 0 Å². The first kappa shape index (κ1) is 17.5. The summed E-state index contributed by atoms with van der Waals surface area (Å²) in [6, 6.07) is 7.84. The summed E-state index contributed by atoms with van der Waals surface area (Å²) in [6.45, 7) is 6.70. The number of esters is 1. The van der Waals surface area contributed by atoms with Crippen LogP contribution in [0.2, 0.25) is 0 Å². The summed E-state index contributed by atoms with van der Waals surface area (Å²) in [6.07, 6.45) is 0. The van der Waals surface area contributed by atoms with E-state index in [4.69, 9.17) is 15.2 Å². The Morgan fingerprint density at radius 1 is 1.38 bits per heavy atom. The van der Waals surface area contributed by atoms with Crippen LogP contribution in [0.25, 0.3) is 0 Å². The van der Waals surface area contributed by atoms with E-state index in [1.54, 1.807) is 26.8 Å². The fraction of sp³-hybridized carbons (Fsp3) is 0.333. The van der Waals surface area contributed by atoms with Gasteiger partial charge < -0.3 is 15.2 Å². The van der Waals surface area contributed by atoms with E-state index in [2.05, 4.69) is 0 Å². The Bertz CT molecular complexity index is 782. The summed E-state index contributed by atoms with van der Waals surface area (Å²) in [4.78, 5) is 12.6. The molecule has 1 heterocycles. The van der Waals surface area contributed by atoms with Crippen LogP contribution in [0.3, 0.4) is 0 Å². The minimum atomic E-state index is -0.972. The molecule has 0 saturated carbocycles. The van der Waals surface area contributed by atoms with Crippen molar-refractivity contribution in [2.45, 2.75) is 39.2 Å². The van der Waals surface area contributed by atoms with Gasteiger partial charge in [0.15, 0.2) is 0 Å².